The minimum Gasteiger partial charge on any atom is -0.444 e. The molecule has 0 aromatic carbocycles. The van der Waals surface area contributed by atoms with Crippen molar-refractivity contribution < 1.29 is 57.2 Å². The summed E-state index contributed by atoms with van der Waals surface area (Å²) in [5.41, 5.74) is -4.92. The lowest BCUT2D eigenvalue weighted by Crippen LogP contribution is -2.52. The maximum atomic E-state index is 14.1. The molecule has 452 valence electrons. The minimum absolute atomic E-state index is 0.0724. The van der Waals surface area contributed by atoms with Crippen molar-refractivity contribution in [2.75, 3.05) is 115 Å². The molecule has 0 atom stereocenters. The van der Waals surface area contributed by atoms with Crippen LogP contribution in [-0.4, -0.2) is 219 Å². The molecule has 2 fully saturated rings. The molecule has 3 heterocycles. The third kappa shape index (κ3) is 26.8. The lowest BCUT2D eigenvalue weighted by atomic mass is 10.1. The fourth-order valence-corrected chi connectivity index (χ4v) is 7.96. The van der Waals surface area contributed by atoms with Crippen LogP contribution in [0.3, 0.4) is 0 Å². The van der Waals surface area contributed by atoms with Gasteiger partial charge >= 0.3 is 36.6 Å². The van der Waals surface area contributed by atoms with E-state index < -0.39 is 70.2 Å². The largest absolute Gasteiger partial charge is 0.444 e. The van der Waals surface area contributed by atoms with Crippen LogP contribution in [0.4, 0.5) is 40.7 Å². The maximum Gasteiger partial charge on any atom is 0.410 e. The lowest BCUT2D eigenvalue weighted by molar-refractivity contribution is 0.00797. The Morgan fingerprint density at radius 3 is 0.722 bits per heavy atom. The van der Waals surface area contributed by atoms with Gasteiger partial charge in [0.05, 0.1) is 0 Å². The summed E-state index contributed by atoms with van der Waals surface area (Å²) >= 11 is 0. The average Bonchev–Trinajstić information content (AvgIpc) is 3.25. The monoisotopic (exact) mass is 1120 g/mol. The van der Waals surface area contributed by atoms with Gasteiger partial charge < -0.3 is 67.6 Å². The van der Waals surface area contributed by atoms with Gasteiger partial charge in [-0.15, -0.1) is 0 Å². The lowest BCUT2D eigenvalue weighted by Gasteiger charge is -2.36. The number of hydrogen-bond acceptors (Lipinski definition) is 17. The van der Waals surface area contributed by atoms with Gasteiger partial charge in [0, 0.05) is 111 Å². The molecule has 1 aromatic heterocycles. The molecular weight excluding hydrogens is 1020 g/mol. The number of carbonyl (C=O) groups excluding carboxylic acids is 6. The predicted molar refractivity (Wildman–Crippen MR) is 304 cm³/mol. The van der Waals surface area contributed by atoms with Crippen LogP contribution >= 0.6 is 0 Å². The molecule has 0 bridgehead atoms. The standard InChI is InChI=1S/C56H101N11O12/c1-20-21-22-23-24-25-42-57-43(60-26-30-62(45(68)74-51(2,3)4)34-38-66(49(72)78-55(14,15)16)39-35-63(31-27-60)46(69)75-52(5,6)7)59-44(58-42)61-28-32-64(47(70)76-53(8,9)10)36-40-67(50(73)79-56(17,18)19)41-37-65(33-29-61)48(71)77-54(11,12)13/h20-41H2,1-19H3. The summed E-state index contributed by atoms with van der Waals surface area (Å²) in [6.07, 6.45) is 1.96. The Balaban J connectivity index is 2.29. The highest BCUT2D eigenvalue weighted by Crippen LogP contribution is 2.22. The summed E-state index contributed by atoms with van der Waals surface area (Å²) in [5, 5.41) is 0. The number of amides is 6. The number of unbranched alkanes of at least 4 members (excludes halogenated alkanes) is 4. The van der Waals surface area contributed by atoms with Crippen LogP contribution < -0.4 is 9.80 Å². The molecule has 0 radical (unpaired) electrons. The van der Waals surface area contributed by atoms with E-state index in [1.54, 1.807) is 144 Å². The second-order valence-electron chi connectivity index (χ2n) is 26.3. The van der Waals surface area contributed by atoms with Crippen LogP contribution in [-0.2, 0) is 34.8 Å². The van der Waals surface area contributed by atoms with E-state index >= 15 is 0 Å². The highest BCUT2D eigenvalue weighted by molar-refractivity contribution is 5.72. The van der Waals surface area contributed by atoms with Crippen molar-refractivity contribution in [1.82, 2.24) is 44.4 Å². The van der Waals surface area contributed by atoms with Crippen molar-refractivity contribution >= 4 is 48.5 Å². The Morgan fingerprint density at radius 2 is 0.519 bits per heavy atom. The number of nitrogens with zero attached hydrogens (tertiary/aromatic N) is 11. The highest BCUT2D eigenvalue weighted by atomic mass is 16.6. The Hall–Kier alpha value is -5.77. The van der Waals surface area contributed by atoms with E-state index in [-0.39, 0.29) is 117 Å². The van der Waals surface area contributed by atoms with Crippen molar-refractivity contribution in [3.05, 3.63) is 5.82 Å². The summed E-state index contributed by atoms with van der Waals surface area (Å²) in [4.78, 5) is 112. The molecule has 23 heteroatoms. The first-order valence-electron chi connectivity index (χ1n) is 28.4. The van der Waals surface area contributed by atoms with Crippen LogP contribution in [0.2, 0.25) is 0 Å². The summed E-state index contributed by atoms with van der Waals surface area (Å²) in [6, 6.07) is 0. The second-order valence-corrected chi connectivity index (χ2v) is 26.3. The highest BCUT2D eigenvalue weighted by Gasteiger charge is 2.34. The Bertz CT molecular complexity index is 1910. The van der Waals surface area contributed by atoms with Crippen molar-refractivity contribution in [2.24, 2.45) is 0 Å². The van der Waals surface area contributed by atoms with Gasteiger partial charge in [-0.05, 0) is 131 Å². The molecule has 0 aliphatic carbocycles. The van der Waals surface area contributed by atoms with Gasteiger partial charge in [-0.1, -0.05) is 32.6 Å². The van der Waals surface area contributed by atoms with E-state index in [1.807, 2.05) is 9.80 Å². The fourth-order valence-electron chi connectivity index (χ4n) is 7.96. The molecule has 0 saturated carbocycles. The molecule has 0 spiro atoms. The number of aryl methyl sites for hydroxylation is 1. The third-order valence-corrected chi connectivity index (χ3v) is 11.8. The van der Waals surface area contributed by atoms with Crippen LogP contribution in [0.15, 0.2) is 0 Å². The van der Waals surface area contributed by atoms with Crippen molar-refractivity contribution in [2.45, 2.75) is 204 Å². The van der Waals surface area contributed by atoms with Crippen molar-refractivity contribution in [3.63, 3.8) is 0 Å². The summed E-state index contributed by atoms with van der Waals surface area (Å²) in [5.74, 6) is 1.07. The first-order chi connectivity index (χ1) is 36.3. The molecule has 2 saturated heterocycles. The van der Waals surface area contributed by atoms with E-state index in [0.717, 1.165) is 32.1 Å². The van der Waals surface area contributed by atoms with E-state index in [2.05, 4.69) is 6.92 Å². The van der Waals surface area contributed by atoms with Crippen LogP contribution in [0.5, 0.6) is 0 Å². The van der Waals surface area contributed by atoms with Gasteiger partial charge in [-0.25, -0.2) is 28.8 Å². The SMILES string of the molecule is CCCCCCCc1nc(N2CCN(C(=O)OC(C)(C)C)CCN(C(=O)OC(C)(C)C)CCN(C(=O)OC(C)(C)C)CC2)nc(N2CCN(C(=O)OC(C)(C)C)CCN(C(=O)OC(C)(C)C)CCN(C(=O)OC(C)(C)C)CC2)n1. The number of aromatic nitrogens is 3. The Morgan fingerprint density at radius 1 is 0.316 bits per heavy atom. The zero-order valence-electron chi connectivity index (χ0n) is 51.9. The van der Waals surface area contributed by atoms with Gasteiger partial charge in [-0.2, -0.15) is 15.0 Å². The average molecular weight is 1120 g/mol. The Labute approximate surface area is 472 Å². The Kier molecular flexibility index (Phi) is 24.9. The number of hydrogen-bond donors (Lipinski definition) is 0. The van der Waals surface area contributed by atoms with E-state index in [1.165, 1.54) is 9.80 Å². The molecule has 2 aliphatic rings. The zero-order valence-corrected chi connectivity index (χ0v) is 51.9. The number of anilines is 2. The minimum atomic E-state index is -0.827. The van der Waals surface area contributed by atoms with Gasteiger partial charge in [0.15, 0.2) is 0 Å². The van der Waals surface area contributed by atoms with E-state index in [0.29, 0.717) is 12.2 Å². The fraction of sp³-hybridized carbons (Fsp3) is 0.839. The number of ether oxygens (including phenoxy) is 6. The van der Waals surface area contributed by atoms with Gasteiger partial charge in [0.1, 0.15) is 39.4 Å². The van der Waals surface area contributed by atoms with Crippen molar-refractivity contribution in [1.29, 1.82) is 0 Å². The maximum absolute atomic E-state index is 14.1. The van der Waals surface area contributed by atoms with Crippen LogP contribution in [0.1, 0.15) is 169 Å². The van der Waals surface area contributed by atoms with E-state index in [4.69, 9.17) is 43.4 Å². The summed E-state index contributed by atoms with van der Waals surface area (Å²) in [7, 11) is 0. The van der Waals surface area contributed by atoms with Crippen LogP contribution in [0.25, 0.3) is 0 Å². The zero-order chi connectivity index (χ0) is 59.7. The smallest absolute Gasteiger partial charge is 0.410 e. The van der Waals surface area contributed by atoms with Gasteiger partial charge in [0.2, 0.25) is 11.9 Å². The first-order valence-corrected chi connectivity index (χ1v) is 28.4. The molecule has 0 N–H and O–H groups in total. The molecule has 6 amide bonds. The van der Waals surface area contributed by atoms with Crippen LogP contribution in [0, 0.1) is 0 Å². The molecule has 79 heavy (non-hydrogen) atoms. The molecule has 23 nitrogen and oxygen atoms in total. The second kappa shape index (κ2) is 29.1. The normalized spacial score (nSPS) is 16.9. The predicted octanol–water partition coefficient (Wildman–Crippen LogP) is 9.45. The number of carbonyl (C=O) groups is 6. The molecule has 3 rings (SSSR count). The summed E-state index contributed by atoms with van der Waals surface area (Å²) < 4.78 is 35.3. The molecular formula is C56H101N11O12. The number of rotatable bonds is 8. The molecule has 1 aromatic rings. The summed E-state index contributed by atoms with van der Waals surface area (Å²) in [6.45, 7) is 36.0. The van der Waals surface area contributed by atoms with Crippen molar-refractivity contribution in [3.8, 4) is 0 Å². The first kappa shape index (κ1) is 67.5. The van der Waals surface area contributed by atoms with Gasteiger partial charge in [-0.3, -0.25) is 0 Å². The molecule has 0 unspecified atom stereocenters. The quantitative estimate of drug-likeness (QED) is 0.175. The molecule has 2 aliphatic heterocycles. The van der Waals surface area contributed by atoms with E-state index in [9.17, 15) is 28.8 Å². The third-order valence-electron chi connectivity index (χ3n) is 11.8. The van der Waals surface area contributed by atoms with Gasteiger partial charge in [0.25, 0.3) is 0 Å². The topological polar surface area (TPSA) is 222 Å².